The Kier molecular flexibility index (Phi) is 7.76. The molecule has 0 unspecified atom stereocenters. The van der Waals surface area contributed by atoms with Gasteiger partial charge >= 0.3 is 0 Å². The maximum Gasteiger partial charge on any atom is 0.238 e. The quantitative estimate of drug-likeness (QED) is 0.152. The van der Waals surface area contributed by atoms with Gasteiger partial charge in [-0.1, -0.05) is 152 Å². The second-order valence-electron chi connectivity index (χ2n) is 14.5. The van der Waals surface area contributed by atoms with Gasteiger partial charge in [-0.05, 0) is 60.0 Å². The minimum absolute atomic E-state index is 0.527. The van der Waals surface area contributed by atoms with E-state index in [1.807, 2.05) is 55.5 Å². The van der Waals surface area contributed by atoms with Crippen LogP contribution in [0.25, 0.3) is 105 Å². The fourth-order valence-electron chi connectivity index (χ4n) is 8.51. The van der Waals surface area contributed by atoms with Crippen LogP contribution in [0.4, 0.5) is 0 Å². The van der Waals surface area contributed by atoms with Crippen LogP contribution in [0.3, 0.4) is 0 Å². The molecule has 274 valence electrons. The molecule has 0 saturated heterocycles. The van der Waals surface area contributed by atoms with E-state index in [1.54, 1.807) is 6.08 Å². The first-order chi connectivity index (χ1) is 28.7. The van der Waals surface area contributed by atoms with Gasteiger partial charge in [0.05, 0.1) is 22.1 Å². The van der Waals surface area contributed by atoms with E-state index < -0.39 is 0 Å². The first-order valence-electron chi connectivity index (χ1n) is 19.4. The number of hydrogen-bond donors (Lipinski definition) is 0. The van der Waals surface area contributed by atoms with Gasteiger partial charge in [-0.2, -0.15) is 9.97 Å². The third kappa shape index (κ3) is 5.23. The van der Waals surface area contributed by atoms with Gasteiger partial charge in [0.1, 0.15) is 11.2 Å². The Hall–Kier alpha value is -7.83. The molecule has 0 fully saturated rings. The van der Waals surface area contributed by atoms with E-state index in [4.69, 9.17) is 19.4 Å². The Balaban J connectivity index is 1.27. The summed E-state index contributed by atoms with van der Waals surface area (Å²) in [4.78, 5) is 15.9. The molecule has 0 atom stereocenters. The summed E-state index contributed by atoms with van der Waals surface area (Å²) >= 11 is 0. The van der Waals surface area contributed by atoms with E-state index in [9.17, 15) is 0 Å². The number of hydrogen-bond acceptors (Lipinski definition) is 4. The molecule has 0 spiro atoms. The van der Waals surface area contributed by atoms with Crippen molar-refractivity contribution in [3.05, 3.63) is 194 Å². The van der Waals surface area contributed by atoms with Crippen LogP contribution < -0.4 is 0 Å². The lowest BCUT2D eigenvalue weighted by molar-refractivity contribution is 0.669. The van der Waals surface area contributed by atoms with E-state index in [0.29, 0.717) is 17.6 Å². The SMILES string of the molecule is C=C/C=C\C=C(/C)c1nc(-c2cccc3oc4ccccc4c23)nc(-n2c3ccccc3c3ccc4c5ccccc5n(-c5cccc(-c6ccccc6)c5)c4c32)n1. The maximum absolute atomic E-state index is 6.34. The molecular weight excluding hydrogens is 711 g/mol. The zero-order valence-corrected chi connectivity index (χ0v) is 31.7. The van der Waals surface area contributed by atoms with Crippen molar-refractivity contribution in [2.75, 3.05) is 0 Å². The van der Waals surface area contributed by atoms with Crippen LogP contribution in [0.15, 0.2) is 193 Å². The van der Waals surface area contributed by atoms with Crippen LogP contribution >= 0.6 is 0 Å². The molecule has 11 aromatic rings. The number of aromatic nitrogens is 5. The lowest BCUT2D eigenvalue weighted by Crippen LogP contribution is -2.08. The monoisotopic (exact) mass is 745 g/mol. The van der Waals surface area contributed by atoms with Crippen molar-refractivity contribution in [3.8, 4) is 34.2 Å². The summed E-state index contributed by atoms with van der Waals surface area (Å²) in [5.41, 5.74) is 11.0. The minimum atomic E-state index is 0.527. The predicted molar refractivity (Wildman–Crippen MR) is 240 cm³/mol. The Bertz CT molecular complexity index is 3490. The normalized spacial score (nSPS) is 12.3. The highest BCUT2D eigenvalue weighted by atomic mass is 16.3. The van der Waals surface area contributed by atoms with E-state index in [0.717, 1.165) is 82.6 Å². The zero-order chi connectivity index (χ0) is 38.7. The van der Waals surface area contributed by atoms with Gasteiger partial charge in [0.25, 0.3) is 0 Å². The second kappa shape index (κ2) is 13.4. The average molecular weight is 746 g/mol. The third-order valence-corrected chi connectivity index (χ3v) is 11.1. The highest BCUT2D eigenvalue weighted by molar-refractivity contribution is 6.23. The fraction of sp³-hybridized carbons (Fsp3) is 0.0192. The summed E-state index contributed by atoms with van der Waals surface area (Å²) in [6, 6.07) is 55.3. The third-order valence-electron chi connectivity index (χ3n) is 11.1. The smallest absolute Gasteiger partial charge is 0.238 e. The molecule has 0 N–H and O–H groups in total. The average Bonchev–Trinajstić information content (AvgIpc) is 3.94. The molecule has 0 aliphatic rings. The van der Waals surface area contributed by atoms with Gasteiger partial charge in [-0.3, -0.25) is 4.57 Å². The van der Waals surface area contributed by atoms with Gasteiger partial charge in [-0.15, -0.1) is 0 Å². The molecule has 4 aromatic heterocycles. The summed E-state index contributed by atoms with van der Waals surface area (Å²) in [7, 11) is 0. The number of fused-ring (bicyclic) bond motifs is 10. The Morgan fingerprint density at radius 3 is 1.97 bits per heavy atom. The van der Waals surface area contributed by atoms with Crippen LogP contribution in [-0.4, -0.2) is 24.1 Å². The number of allylic oxidation sites excluding steroid dienone is 5. The van der Waals surface area contributed by atoms with Crippen LogP contribution in [0.5, 0.6) is 0 Å². The summed E-state index contributed by atoms with van der Waals surface area (Å²) in [5, 5.41) is 6.52. The maximum atomic E-state index is 6.34. The molecule has 4 heterocycles. The topological polar surface area (TPSA) is 61.7 Å². The highest BCUT2D eigenvalue weighted by Crippen LogP contribution is 2.42. The standard InChI is InChI=1S/C52H35N5O/c1-3-4-6-17-33(2)50-53-51(42-25-16-29-46-47(42)41-24-11-14-28-45(41)58-46)55-52(54-50)57-44-27-13-10-23-38(44)40-31-30-39-37-22-9-12-26-43(37)56(48(39)49(40)57)36-21-15-20-35(32-36)34-18-7-5-8-19-34/h3-32H,1H2,2H3/b6-4-,33-17+. The molecule has 0 radical (unpaired) electrons. The van der Waals surface area contributed by atoms with Crippen molar-refractivity contribution in [2.24, 2.45) is 0 Å². The number of benzene rings is 7. The molecule has 0 amide bonds. The van der Waals surface area contributed by atoms with E-state index in [1.165, 1.54) is 10.9 Å². The largest absolute Gasteiger partial charge is 0.456 e. The van der Waals surface area contributed by atoms with Gasteiger partial charge < -0.3 is 8.98 Å². The molecule has 0 aliphatic carbocycles. The molecule has 0 saturated carbocycles. The Labute approximate surface area is 334 Å². The van der Waals surface area contributed by atoms with Crippen LogP contribution in [0, 0.1) is 0 Å². The summed E-state index contributed by atoms with van der Waals surface area (Å²) < 4.78 is 11.0. The van der Waals surface area contributed by atoms with Crippen molar-refractivity contribution in [1.82, 2.24) is 24.1 Å². The summed E-state index contributed by atoms with van der Waals surface area (Å²) in [5.74, 6) is 1.67. The Morgan fingerprint density at radius 1 is 0.552 bits per heavy atom. The van der Waals surface area contributed by atoms with Crippen molar-refractivity contribution in [3.63, 3.8) is 0 Å². The van der Waals surface area contributed by atoms with Gasteiger partial charge in [0.15, 0.2) is 11.6 Å². The van der Waals surface area contributed by atoms with E-state index in [2.05, 4.69) is 143 Å². The minimum Gasteiger partial charge on any atom is -0.456 e. The Morgan fingerprint density at radius 2 is 1.19 bits per heavy atom. The van der Waals surface area contributed by atoms with Gasteiger partial charge in [0, 0.05) is 43.6 Å². The molecule has 6 heteroatoms. The van der Waals surface area contributed by atoms with Crippen LogP contribution in [-0.2, 0) is 0 Å². The van der Waals surface area contributed by atoms with Gasteiger partial charge in [0.2, 0.25) is 5.95 Å². The highest BCUT2D eigenvalue weighted by Gasteiger charge is 2.24. The number of furan rings is 1. The van der Waals surface area contributed by atoms with Crippen molar-refractivity contribution < 1.29 is 4.42 Å². The first-order valence-corrected chi connectivity index (χ1v) is 19.4. The zero-order valence-electron chi connectivity index (χ0n) is 31.7. The van der Waals surface area contributed by atoms with E-state index >= 15 is 0 Å². The molecule has 0 bridgehead atoms. The van der Waals surface area contributed by atoms with Crippen LogP contribution in [0.2, 0.25) is 0 Å². The van der Waals surface area contributed by atoms with E-state index in [-0.39, 0.29) is 0 Å². The predicted octanol–water partition coefficient (Wildman–Crippen LogP) is 13.4. The van der Waals surface area contributed by atoms with Gasteiger partial charge in [-0.25, -0.2) is 4.98 Å². The summed E-state index contributed by atoms with van der Waals surface area (Å²) in [6.45, 7) is 5.89. The first kappa shape index (κ1) is 33.5. The van der Waals surface area contributed by atoms with Crippen LogP contribution in [0.1, 0.15) is 12.7 Å². The lowest BCUT2D eigenvalue weighted by Gasteiger charge is -2.14. The number of nitrogens with zero attached hydrogens (tertiary/aromatic N) is 5. The summed E-state index contributed by atoms with van der Waals surface area (Å²) in [6.07, 6.45) is 7.64. The molecule has 11 rings (SSSR count). The second-order valence-corrected chi connectivity index (χ2v) is 14.5. The fourth-order valence-corrected chi connectivity index (χ4v) is 8.51. The van der Waals surface area contributed by atoms with Crippen molar-refractivity contribution in [1.29, 1.82) is 0 Å². The van der Waals surface area contributed by atoms with Crippen molar-refractivity contribution >= 4 is 71.1 Å². The number of para-hydroxylation sites is 3. The number of rotatable bonds is 7. The lowest BCUT2D eigenvalue weighted by atomic mass is 10.1. The molecular formula is C52H35N5O. The van der Waals surface area contributed by atoms with Crippen molar-refractivity contribution in [2.45, 2.75) is 6.92 Å². The molecule has 58 heavy (non-hydrogen) atoms. The molecule has 0 aliphatic heterocycles. The molecule has 6 nitrogen and oxygen atoms in total. The molecule has 7 aromatic carbocycles.